The fourth-order valence-electron chi connectivity index (χ4n) is 2.97. The van der Waals surface area contributed by atoms with Gasteiger partial charge in [0.15, 0.2) is 0 Å². The summed E-state index contributed by atoms with van der Waals surface area (Å²) in [6.45, 7) is 3.43. The van der Waals surface area contributed by atoms with Gasteiger partial charge in [0.05, 0.1) is 11.4 Å². The average molecular weight is 305 g/mol. The lowest BCUT2D eigenvalue weighted by Crippen LogP contribution is -2.42. The first kappa shape index (κ1) is 14.1. The molecule has 2 unspecified atom stereocenters. The molecule has 0 saturated carbocycles. The number of pyridine rings is 1. The van der Waals surface area contributed by atoms with Gasteiger partial charge in [0, 0.05) is 23.5 Å². The fourth-order valence-corrected chi connectivity index (χ4v) is 3.14. The molecule has 1 aromatic carbocycles. The summed E-state index contributed by atoms with van der Waals surface area (Å²) >= 11 is 6.01. The van der Waals surface area contributed by atoms with Crippen molar-refractivity contribution in [3.8, 4) is 0 Å². The van der Waals surface area contributed by atoms with Crippen molar-refractivity contribution in [2.75, 3.05) is 18.0 Å². The van der Waals surface area contributed by atoms with E-state index < -0.39 is 5.97 Å². The highest BCUT2D eigenvalue weighted by Crippen LogP contribution is 2.27. The number of aliphatic carboxylic acids is 1. The van der Waals surface area contributed by atoms with E-state index in [0.717, 1.165) is 29.7 Å². The highest BCUT2D eigenvalue weighted by atomic mass is 35.5. The van der Waals surface area contributed by atoms with Crippen molar-refractivity contribution in [3.05, 3.63) is 35.4 Å². The van der Waals surface area contributed by atoms with Gasteiger partial charge in [-0.05, 0) is 36.6 Å². The first-order chi connectivity index (χ1) is 10.0. The van der Waals surface area contributed by atoms with Gasteiger partial charge in [0.25, 0.3) is 0 Å². The maximum Gasteiger partial charge on any atom is 0.308 e. The minimum Gasteiger partial charge on any atom is -0.481 e. The van der Waals surface area contributed by atoms with E-state index in [1.54, 1.807) is 0 Å². The van der Waals surface area contributed by atoms with Crippen LogP contribution in [0.15, 0.2) is 30.3 Å². The lowest BCUT2D eigenvalue weighted by molar-refractivity contribution is -0.142. The van der Waals surface area contributed by atoms with E-state index in [4.69, 9.17) is 11.6 Å². The van der Waals surface area contributed by atoms with Crippen molar-refractivity contribution in [2.45, 2.75) is 13.3 Å². The summed E-state index contributed by atoms with van der Waals surface area (Å²) in [4.78, 5) is 18.0. The molecule has 5 heteroatoms. The van der Waals surface area contributed by atoms with Crippen molar-refractivity contribution in [1.29, 1.82) is 0 Å². The summed E-state index contributed by atoms with van der Waals surface area (Å²) in [6, 6.07) is 9.57. The fraction of sp³-hybridized carbons (Fsp3) is 0.375. The first-order valence-electron chi connectivity index (χ1n) is 7.07. The molecule has 0 bridgehead atoms. The Morgan fingerprint density at radius 2 is 2.10 bits per heavy atom. The van der Waals surface area contributed by atoms with Crippen LogP contribution < -0.4 is 4.90 Å². The number of carbonyl (C=O) groups is 1. The molecular weight excluding hydrogens is 288 g/mol. The largest absolute Gasteiger partial charge is 0.481 e. The van der Waals surface area contributed by atoms with Gasteiger partial charge in [-0.3, -0.25) is 4.79 Å². The van der Waals surface area contributed by atoms with Crippen LogP contribution in [-0.4, -0.2) is 29.1 Å². The average Bonchev–Trinajstić information content (AvgIpc) is 2.45. The SMILES string of the molecule is CC1CC(C(=O)O)CN(c2ccc3ccc(Cl)cc3n2)C1. The van der Waals surface area contributed by atoms with Crippen LogP contribution in [0.2, 0.25) is 5.02 Å². The van der Waals surface area contributed by atoms with Gasteiger partial charge >= 0.3 is 5.97 Å². The van der Waals surface area contributed by atoms with Crippen molar-refractivity contribution >= 4 is 34.3 Å². The van der Waals surface area contributed by atoms with Gasteiger partial charge in [-0.15, -0.1) is 0 Å². The summed E-state index contributed by atoms with van der Waals surface area (Å²) in [7, 11) is 0. The number of hydrogen-bond donors (Lipinski definition) is 1. The molecule has 0 aliphatic carbocycles. The molecule has 3 rings (SSSR count). The molecule has 21 heavy (non-hydrogen) atoms. The second-order valence-electron chi connectivity index (χ2n) is 5.79. The Morgan fingerprint density at radius 3 is 2.86 bits per heavy atom. The quantitative estimate of drug-likeness (QED) is 0.923. The van der Waals surface area contributed by atoms with Crippen LogP contribution in [0.1, 0.15) is 13.3 Å². The number of benzene rings is 1. The molecule has 2 heterocycles. The van der Waals surface area contributed by atoms with Gasteiger partial charge in [-0.25, -0.2) is 4.98 Å². The molecule has 1 aliphatic rings. The van der Waals surface area contributed by atoms with E-state index in [0.29, 0.717) is 17.5 Å². The molecular formula is C16H17ClN2O2. The molecule has 1 aliphatic heterocycles. The predicted molar refractivity (Wildman–Crippen MR) is 83.9 cm³/mol. The number of fused-ring (bicyclic) bond motifs is 1. The number of carboxylic acids is 1. The summed E-state index contributed by atoms with van der Waals surface area (Å²) in [6.07, 6.45) is 0.727. The van der Waals surface area contributed by atoms with E-state index in [9.17, 15) is 9.90 Å². The summed E-state index contributed by atoms with van der Waals surface area (Å²) in [5.41, 5.74) is 0.838. The number of nitrogens with zero attached hydrogens (tertiary/aromatic N) is 2. The zero-order valence-electron chi connectivity index (χ0n) is 11.8. The summed E-state index contributed by atoms with van der Waals surface area (Å²) in [5.74, 6) is 0.111. The van der Waals surface area contributed by atoms with Crippen LogP contribution in [0.4, 0.5) is 5.82 Å². The minimum atomic E-state index is -0.726. The smallest absolute Gasteiger partial charge is 0.308 e. The Balaban J connectivity index is 1.93. The standard InChI is InChI=1S/C16H17ClN2O2/c1-10-6-12(16(20)21)9-19(8-10)15-5-3-11-2-4-13(17)7-14(11)18-15/h2-5,7,10,12H,6,8-9H2,1H3,(H,20,21). The number of carboxylic acid groups (broad SMARTS) is 1. The molecule has 1 saturated heterocycles. The third-order valence-electron chi connectivity index (χ3n) is 3.97. The zero-order chi connectivity index (χ0) is 15.0. The second kappa shape index (κ2) is 5.53. The number of piperidine rings is 1. The second-order valence-corrected chi connectivity index (χ2v) is 6.22. The molecule has 0 spiro atoms. The Hall–Kier alpha value is -1.81. The highest BCUT2D eigenvalue weighted by molar-refractivity contribution is 6.31. The van der Waals surface area contributed by atoms with E-state index in [2.05, 4.69) is 16.8 Å². The third-order valence-corrected chi connectivity index (χ3v) is 4.21. The van der Waals surface area contributed by atoms with Crippen molar-refractivity contribution in [3.63, 3.8) is 0 Å². The number of hydrogen-bond acceptors (Lipinski definition) is 3. The van der Waals surface area contributed by atoms with Crippen LogP contribution in [0.3, 0.4) is 0 Å². The van der Waals surface area contributed by atoms with E-state index >= 15 is 0 Å². The molecule has 2 aromatic rings. The molecule has 0 amide bonds. The van der Waals surface area contributed by atoms with Gasteiger partial charge < -0.3 is 10.0 Å². The van der Waals surface area contributed by atoms with Gasteiger partial charge in [0.2, 0.25) is 0 Å². The van der Waals surface area contributed by atoms with Crippen LogP contribution >= 0.6 is 11.6 Å². The number of rotatable bonds is 2. The summed E-state index contributed by atoms with van der Waals surface area (Å²) in [5, 5.41) is 11.0. The Morgan fingerprint density at radius 1 is 1.33 bits per heavy atom. The Labute approximate surface area is 128 Å². The summed E-state index contributed by atoms with van der Waals surface area (Å²) < 4.78 is 0. The number of aromatic nitrogens is 1. The Bertz CT molecular complexity index is 689. The molecule has 1 aromatic heterocycles. The monoisotopic (exact) mass is 304 g/mol. The van der Waals surface area contributed by atoms with E-state index in [-0.39, 0.29) is 5.92 Å². The van der Waals surface area contributed by atoms with E-state index in [1.807, 2.05) is 30.3 Å². The van der Waals surface area contributed by atoms with Crippen molar-refractivity contribution in [1.82, 2.24) is 4.98 Å². The Kier molecular flexibility index (Phi) is 3.72. The molecule has 1 N–H and O–H groups in total. The lowest BCUT2D eigenvalue weighted by atomic mass is 9.90. The first-order valence-corrected chi connectivity index (χ1v) is 7.45. The van der Waals surface area contributed by atoms with Gasteiger partial charge in [-0.1, -0.05) is 24.6 Å². The highest BCUT2D eigenvalue weighted by Gasteiger charge is 2.30. The zero-order valence-corrected chi connectivity index (χ0v) is 12.5. The number of halogens is 1. The normalized spacial score (nSPS) is 22.5. The van der Waals surface area contributed by atoms with Crippen LogP contribution in [-0.2, 0) is 4.79 Å². The molecule has 4 nitrogen and oxygen atoms in total. The maximum atomic E-state index is 11.3. The lowest BCUT2D eigenvalue weighted by Gasteiger charge is -2.35. The number of anilines is 1. The van der Waals surface area contributed by atoms with Crippen LogP contribution in [0.25, 0.3) is 10.9 Å². The van der Waals surface area contributed by atoms with Gasteiger partial charge in [0.1, 0.15) is 5.82 Å². The minimum absolute atomic E-state index is 0.328. The molecule has 2 atom stereocenters. The van der Waals surface area contributed by atoms with E-state index in [1.165, 1.54) is 0 Å². The molecule has 110 valence electrons. The maximum absolute atomic E-state index is 11.3. The van der Waals surface area contributed by atoms with Crippen LogP contribution in [0, 0.1) is 11.8 Å². The molecule has 1 fully saturated rings. The molecule has 0 radical (unpaired) electrons. The van der Waals surface area contributed by atoms with Crippen molar-refractivity contribution in [2.24, 2.45) is 11.8 Å². The topological polar surface area (TPSA) is 53.4 Å². The predicted octanol–water partition coefficient (Wildman–Crippen LogP) is 3.44. The third kappa shape index (κ3) is 2.95. The van der Waals surface area contributed by atoms with Crippen molar-refractivity contribution < 1.29 is 9.90 Å². The van der Waals surface area contributed by atoms with Gasteiger partial charge in [-0.2, -0.15) is 0 Å². The van der Waals surface area contributed by atoms with Crippen LogP contribution in [0.5, 0.6) is 0 Å².